The molecule has 0 aliphatic carbocycles. The average molecular weight is 307 g/mol. The Bertz CT molecular complexity index is 644. The minimum absolute atomic E-state index is 0.0723. The van der Waals surface area contributed by atoms with Crippen LogP contribution in [-0.2, 0) is 0 Å². The van der Waals surface area contributed by atoms with Gasteiger partial charge in [-0.1, -0.05) is 16.8 Å². The van der Waals surface area contributed by atoms with Crippen molar-refractivity contribution in [3.05, 3.63) is 41.2 Å². The van der Waals surface area contributed by atoms with Crippen LogP contribution in [0.5, 0.6) is 5.75 Å². The number of aromatic nitrogens is 3. The van der Waals surface area contributed by atoms with Crippen LogP contribution in [0.3, 0.4) is 0 Å². The Kier molecular flexibility index (Phi) is 3.79. The summed E-state index contributed by atoms with van der Waals surface area (Å²) in [7, 11) is 1.54. The second kappa shape index (κ2) is 5.73. The van der Waals surface area contributed by atoms with E-state index in [9.17, 15) is 4.79 Å². The van der Waals surface area contributed by atoms with Crippen LogP contribution in [0.25, 0.3) is 0 Å². The summed E-state index contributed by atoms with van der Waals surface area (Å²) in [5.41, 5.74) is 0.490. The number of methoxy groups -OCH3 is 1. The summed E-state index contributed by atoms with van der Waals surface area (Å²) in [6.07, 6.45) is 4.32. The van der Waals surface area contributed by atoms with Crippen molar-refractivity contribution in [3.8, 4) is 5.75 Å². The molecule has 21 heavy (non-hydrogen) atoms. The molecule has 2 aromatic rings. The number of hydrogen-bond donors (Lipinski definition) is 0. The monoisotopic (exact) mass is 306 g/mol. The molecule has 0 bridgehead atoms. The molecule has 1 aromatic heterocycles. The van der Waals surface area contributed by atoms with Gasteiger partial charge in [-0.05, 0) is 24.6 Å². The lowest BCUT2D eigenvalue weighted by atomic mass is 10.1. The van der Waals surface area contributed by atoms with Crippen molar-refractivity contribution in [3.63, 3.8) is 0 Å². The van der Waals surface area contributed by atoms with Gasteiger partial charge in [0.1, 0.15) is 5.75 Å². The van der Waals surface area contributed by atoms with Crippen LogP contribution in [0.4, 0.5) is 0 Å². The molecule has 1 aliphatic heterocycles. The topological polar surface area (TPSA) is 60.2 Å². The lowest BCUT2D eigenvalue weighted by molar-refractivity contribution is 0.0783. The minimum Gasteiger partial charge on any atom is -0.496 e. The van der Waals surface area contributed by atoms with E-state index in [1.165, 1.54) is 0 Å². The molecule has 1 atom stereocenters. The van der Waals surface area contributed by atoms with Gasteiger partial charge in [-0.3, -0.25) is 4.79 Å². The van der Waals surface area contributed by atoms with E-state index < -0.39 is 0 Å². The number of halogens is 1. The zero-order chi connectivity index (χ0) is 14.8. The number of carbonyl (C=O) groups excluding carboxylic acids is 1. The summed E-state index contributed by atoms with van der Waals surface area (Å²) in [6, 6.07) is 5.23. The molecule has 0 radical (unpaired) electrons. The summed E-state index contributed by atoms with van der Waals surface area (Å²) >= 11 is 5.99. The molecule has 0 spiro atoms. The van der Waals surface area contributed by atoms with Crippen molar-refractivity contribution < 1.29 is 9.53 Å². The molecule has 1 aliphatic rings. The predicted molar refractivity (Wildman–Crippen MR) is 77.6 cm³/mol. The van der Waals surface area contributed by atoms with E-state index >= 15 is 0 Å². The molecule has 7 heteroatoms. The number of likely N-dealkylation sites (tertiary alicyclic amines) is 1. The highest BCUT2D eigenvalue weighted by molar-refractivity contribution is 6.31. The van der Waals surface area contributed by atoms with Crippen molar-refractivity contribution in [2.45, 2.75) is 12.5 Å². The van der Waals surface area contributed by atoms with Crippen LogP contribution in [0.2, 0.25) is 5.02 Å². The minimum atomic E-state index is -0.0723. The zero-order valence-corrected chi connectivity index (χ0v) is 12.3. The predicted octanol–water partition coefficient (Wildman–Crippen LogP) is 2.03. The Morgan fingerprint density at radius 3 is 3.05 bits per heavy atom. The van der Waals surface area contributed by atoms with E-state index in [1.54, 1.807) is 41.1 Å². The first kappa shape index (κ1) is 13.9. The van der Waals surface area contributed by atoms with Gasteiger partial charge >= 0.3 is 0 Å². The van der Waals surface area contributed by atoms with Gasteiger partial charge in [-0.25, -0.2) is 4.68 Å². The first-order valence-corrected chi connectivity index (χ1v) is 7.05. The number of hydrogen-bond acceptors (Lipinski definition) is 4. The molecule has 0 saturated carbocycles. The third-order valence-electron chi connectivity index (χ3n) is 3.66. The van der Waals surface area contributed by atoms with E-state index in [1.807, 2.05) is 6.20 Å². The Balaban J connectivity index is 1.79. The maximum atomic E-state index is 12.6. The molecular weight excluding hydrogens is 292 g/mol. The van der Waals surface area contributed by atoms with Crippen molar-refractivity contribution in [2.24, 2.45) is 0 Å². The summed E-state index contributed by atoms with van der Waals surface area (Å²) in [5, 5.41) is 8.32. The fraction of sp³-hybridized carbons (Fsp3) is 0.357. The van der Waals surface area contributed by atoms with E-state index in [-0.39, 0.29) is 11.9 Å². The number of rotatable bonds is 3. The van der Waals surface area contributed by atoms with Crippen LogP contribution in [0, 0.1) is 0 Å². The summed E-state index contributed by atoms with van der Waals surface area (Å²) in [4.78, 5) is 14.4. The molecule has 0 N–H and O–H groups in total. The second-order valence-electron chi connectivity index (χ2n) is 4.92. The Labute approximate surface area is 127 Å². The number of benzene rings is 1. The lowest BCUT2D eigenvalue weighted by Gasteiger charge is -2.18. The van der Waals surface area contributed by atoms with Gasteiger partial charge in [0.25, 0.3) is 5.91 Å². The fourth-order valence-corrected chi connectivity index (χ4v) is 2.74. The quantitative estimate of drug-likeness (QED) is 0.870. The van der Waals surface area contributed by atoms with E-state index in [0.29, 0.717) is 29.4 Å². The van der Waals surface area contributed by atoms with Crippen molar-refractivity contribution in [1.82, 2.24) is 19.9 Å². The smallest absolute Gasteiger partial charge is 0.257 e. The normalized spacial score (nSPS) is 18.0. The average Bonchev–Trinajstić information content (AvgIpc) is 3.17. The number of nitrogens with zero attached hydrogens (tertiary/aromatic N) is 4. The van der Waals surface area contributed by atoms with Crippen molar-refractivity contribution >= 4 is 17.5 Å². The number of ether oxygens (including phenoxy) is 1. The maximum absolute atomic E-state index is 12.6. The molecule has 2 heterocycles. The summed E-state index contributed by atoms with van der Waals surface area (Å²) in [6.45, 7) is 1.29. The van der Waals surface area contributed by atoms with E-state index in [2.05, 4.69) is 10.3 Å². The molecule has 1 fully saturated rings. The van der Waals surface area contributed by atoms with Gasteiger partial charge in [0.15, 0.2) is 0 Å². The molecule has 3 rings (SSSR count). The highest BCUT2D eigenvalue weighted by Gasteiger charge is 2.29. The lowest BCUT2D eigenvalue weighted by Crippen LogP contribution is -2.29. The molecule has 1 amide bonds. The Hall–Kier alpha value is -2.08. The van der Waals surface area contributed by atoms with Gasteiger partial charge in [-0.2, -0.15) is 0 Å². The van der Waals surface area contributed by atoms with Gasteiger partial charge in [0.05, 0.1) is 24.9 Å². The molecule has 6 nitrogen and oxygen atoms in total. The summed E-state index contributed by atoms with van der Waals surface area (Å²) < 4.78 is 7.04. The first-order chi connectivity index (χ1) is 10.2. The van der Waals surface area contributed by atoms with Crippen molar-refractivity contribution in [1.29, 1.82) is 0 Å². The van der Waals surface area contributed by atoms with E-state index in [4.69, 9.17) is 16.3 Å². The van der Waals surface area contributed by atoms with Crippen molar-refractivity contribution in [2.75, 3.05) is 20.2 Å². The zero-order valence-electron chi connectivity index (χ0n) is 11.6. The molecular formula is C14H15ClN4O2. The van der Waals surface area contributed by atoms with Gasteiger partial charge in [-0.15, -0.1) is 5.10 Å². The standard InChI is InChI=1S/C14H15ClN4O2/c1-21-13-3-2-10(15)8-12(13)14(20)18-6-4-11(9-18)19-7-5-16-17-19/h2-3,5,7-8,11H,4,6,9H2,1H3. The maximum Gasteiger partial charge on any atom is 0.257 e. The Morgan fingerprint density at radius 1 is 1.48 bits per heavy atom. The van der Waals surface area contributed by atoms with Crippen LogP contribution in [-0.4, -0.2) is 46.0 Å². The summed E-state index contributed by atoms with van der Waals surface area (Å²) in [5.74, 6) is 0.463. The number of carbonyl (C=O) groups is 1. The van der Waals surface area contributed by atoms with Crippen LogP contribution in [0.15, 0.2) is 30.6 Å². The highest BCUT2D eigenvalue weighted by atomic mass is 35.5. The SMILES string of the molecule is COc1ccc(Cl)cc1C(=O)N1CCC(n2ccnn2)C1. The fourth-order valence-electron chi connectivity index (χ4n) is 2.57. The second-order valence-corrected chi connectivity index (χ2v) is 5.36. The largest absolute Gasteiger partial charge is 0.496 e. The van der Waals surface area contributed by atoms with Crippen LogP contribution >= 0.6 is 11.6 Å². The van der Waals surface area contributed by atoms with Crippen LogP contribution in [0.1, 0.15) is 22.8 Å². The highest BCUT2D eigenvalue weighted by Crippen LogP contribution is 2.27. The molecule has 1 aromatic carbocycles. The van der Waals surface area contributed by atoms with Gasteiger partial charge < -0.3 is 9.64 Å². The molecule has 1 saturated heterocycles. The van der Waals surface area contributed by atoms with Crippen LogP contribution < -0.4 is 4.74 Å². The third-order valence-corrected chi connectivity index (χ3v) is 3.89. The third kappa shape index (κ3) is 2.71. The van der Waals surface area contributed by atoms with Gasteiger partial charge in [0.2, 0.25) is 0 Å². The Morgan fingerprint density at radius 2 is 2.33 bits per heavy atom. The first-order valence-electron chi connectivity index (χ1n) is 6.67. The molecule has 110 valence electrons. The number of amides is 1. The van der Waals surface area contributed by atoms with E-state index in [0.717, 1.165) is 6.42 Å². The van der Waals surface area contributed by atoms with Gasteiger partial charge in [0, 0.05) is 24.3 Å². The molecule has 1 unspecified atom stereocenters.